The predicted octanol–water partition coefficient (Wildman–Crippen LogP) is 11.5. The second kappa shape index (κ2) is 7.25. The third kappa shape index (κ3) is 2.43. The Balaban J connectivity index is 1.56. The second-order valence-corrected chi connectivity index (χ2v) is 11.2. The maximum atomic E-state index is 2.47. The van der Waals surface area contributed by atoms with Gasteiger partial charge in [0.05, 0.1) is 0 Å². The third-order valence-corrected chi connectivity index (χ3v) is 9.27. The van der Waals surface area contributed by atoms with E-state index in [4.69, 9.17) is 0 Å². The monoisotopic (exact) mass is 502 g/mol. The molecule has 0 N–H and O–H groups in total. The van der Waals surface area contributed by atoms with Crippen LogP contribution in [0.15, 0.2) is 133 Å². The van der Waals surface area contributed by atoms with Crippen LogP contribution in [0.1, 0.15) is 0 Å². The molecule has 0 aliphatic heterocycles. The van der Waals surface area contributed by atoms with Crippen molar-refractivity contribution in [3.8, 4) is 11.1 Å². The first-order valence-electron chi connectivity index (χ1n) is 14.0. The highest BCUT2D eigenvalue weighted by Gasteiger charge is 2.22. The largest absolute Gasteiger partial charge is 0.0622 e. The molecule has 0 unspecified atom stereocenters. The highest BCUT2D eigenvalue weighted by atomic mass is 14.2. The van der Waals surface area contributed by atoms with E-state index in [-0.39, 0.29) is 0 Å². The van der Waals surface area contributed by atoms with Crippen LogP contribution in [0.5, 0.6) is 0 Å². The van der Waals surface area contributed by atoms with Crippen molar-refractivity contribution in [2.24, 2.45) is 0 Å². The average Bonchev–Trinajstić information content (AvgIpc) is 3.51. The van der Waals surface area contributed by atoms with Gasteiger partial charge in [-0.2, -0.15) is 0 Å². The summed E-state index contributed by atoms with van der Waals surface area (Å²) in [4.78, 5) is 0. The van der Waals surface area contributed by atoms with Gasteiger partial charge in [0.15, 0.2) is 0 Å². The fourth-order valence-corrected chi connectivity index (χ4v) is 7.75. The molecule has 0 spiro atoms. The van der Waals surface area contributed by atoms with Crippen molar-refractivity contribution in [3.63, 3.8) is 0 Å². The summed E-state index contributed by atoms with van der Waals surface area (Å²) in [6.45, 7) is 0. The van der Waals surface area contributed by atoms with Crippen molar-refractivity contribution in [3.05, 3.63) is 133 Å². The molecule has 10 aromatic rings. The van der Waals surface area contributed by atoms with E-state index in [1.807, 2.05) is 0 Å². The Morgan fingerprint density at radius 2 is 0.750 bits per heavy atom. The van der Waals surface area contributed by atoms with Gasteiger partial charge in [-0.15, -0.1) is 0 Å². The van der Waals surface area contributed by atoms with Gasteiger partial charge in [-0.25, -0.2) is 0 Å². The lowest BCUT2D eigenvalue weighted by Crippen LogP contribution is -1.86. The van der Waals surface area contributed by atoms with Crippen molar-refractivity contribution in [2.45, 2.75) is 0 Å². The first-order chi connectivity index (χ1) is 19.9. The van der Waals surface area contributed by atoms with Crippen LogP contribution >= 0.6 is 0 Å². The number of benzene rings is 8. The first kappa shape index (κ1) is 20.7. The molecule has 0 saturated carbocycles. The molecule has 10 rings (SSSR count). The molecule has 182 valence electrons. The SMILES string of the molecule is c1ccc(-c2c3c(cc4c5cccc6c7ccccc7cc(c24)c65)cc2c4ccccc4c4cccc3c42)cc1. The number of fused-ring (bicyclic) bond motifs is 10. The molecule has 40 heavy (non-hydrogen) atoms. The highest BCUT2D eigenvalue weighted by molar-refractivity contribution is 6.42. The van der Waals surface area contributed by atoms with Gasteiger partial charge < -0.3 is 0 Å². The zero-order chi connectivity index (χ0) is 25.9. The summed E-state index contributed by atoms with van der Waals surface area (Å²) < 4.78 is 0. The van der Waals surface area contributed by atoms with E-state index in [9.17, 15) is 0 Å². The van der Waals surface area contributed by atoms with Crippen LogP contribution in [-0.2, 0) is 0 Å². The Labute approximate surface area is 230 Å². The molecule has 0 aliphatic rings. The van der Waals surface area contributed by atoms with Crippen LogP contribution in [0.2, 0.25) is 0 Å². The molecule has 0 amide bonds. The summed E-state index contributed by atoms with van der Waals surface area (Å²) in [5, 5.41) is 21.5. The summed E-state index contributed by atoms with van der Waals surface area (Å²) in [5.41, 5.74) is 2.62. The van der Waals surface area contributed by atoms with Crippen molar-refractivity contribution >= 4 is 86.2 Å². The van der Waals surface area contributed by atoms with Crippen molar-refractivity contribution in [1.29, 1.82) is 0 Å². The molecule has 0 fully saturated rings. The van der Waals surface area contributed by atoms with Crippen molar-refractivity contribution in [1.82, 2.24) is 0 Å². The summed E-state index contributed by atoms with van der Waals surface area (Å²) in [6.07, 6.45) is 0. The lowest BCUT2D eigenvalue weighted by atomic mass is 9.88. The Kier molecular flexibility index (Phi) is 3.76. The lowest BCUT2D eigenvalue weighted by Gasteiger charge is -2.14. The fraction of sp³-hybridized carbons (Fsp3) is 0. The maximum absolute atomic E-state index is 2.47. The van der Waals surface area contributed by atoms with E-state index in [2.05, 4.69) is 133 Å². The molecule has 0 saturated heterocycles. The van der Waals surface area contributed by atoms with Crippen LogP contribution in [0.25, 0.3) is 97.3 Å². The average molecular weight is 503 g/mol. The minimum atomic E-state index is 1.27. The van der Waals surface area contributed by atoms with Crippen molar-refractivity contribution in [2.75, 3.05) is 0 Å². The van der Waals surface area contributed by atoms with Gasteiger partial charge in [-0.05, 0) is 116 Å². The molecular weight excluding hydrogens is 480 g/mol. The summed E-state index contributed by atoms with van der Waals surface area (Å²) in [6, 6.07) is 49.9. The quantitative estimate of drug-likeness (QED) is 0.196. The second-order valence-electron chi connectivity index (χ2n) is 11.2. The zero-order valence-corrected chi connectivity index (χ0v) is 21.7. The van der Waals surface area contributed by atoms with Crippen LogP contribution in [0, 0.1) is 0 Å². The standard InChI is InChI=1S/C40H22/c1-2-10-23(11-3-1)37-36-25(21-33-28-15-7-6-14-27(28)30-17-9-19-32(36)39(30)33)22-34-31-18-8-16-29-26-13-5-4-12-24(26)20-35(38(29)31)40(34)37/h1-22H. The van der Waals surface area contributed by atoms with E-state index < -0.39 is 0 Å². The molecule has 0 atom stereocenters. The van der Waals surface area contributed by atoms with E-state index >= 15 is 0 Å². The Morgan fingerprint density at radius 1 is 0.250 bits per heavy atom. The van der Waals surface area contributed by atoms with Crippen LogP contribution in [0.4, 0.5) is 0 Å². The van der Waals surface area contributed by atoms with Crippen molar-refractivity contribution < 1.29 is 0 Å². The van der Waals surface area contributed by atoms with Gasteiger partial charge in [-0.3, -0.25) is 0 Å². The Morgan fingerprint density at radius 3 is 1.52 bits per heavy atom. The third-order valence-electron chi connectivity index (χ3n) is 9.27. The molecule has 0 nitrogen and oxygen atoms in total. The number of hydrogen-bond acceptors (Lipinski definition) is 0. The Bertz CT molecular complexity index is 2620. The number of hydrogen-bond donors (Lipinski definition) is 0. The molecule has 10 aromatic carbocycles. The molecule has 0 radical (unpaired) electrons. The van der Waals surface area contributed by atoms with Gasteiger partial charge in [0.1, 0.15) is 0 Å². The molecular formula is C40H22. The van der Waals surface area contributed by atoms with E-state index in [1.165, 1.54) is 97.3 Å². The van der Waals surface area contributed by atoms with E-state index in [1.54, 1.807) is 0 Å². The highest BCUT2D eigenvalue weighted by Crippen LogP contribution is 2.51. The van der Waals surface area contributed by atoms with Gasteiger partial charge >= 0.3 is 0 Å². The first-order valence-corrected chi connectivity index (χ1v) is 14.0. The lowest BCUT2D eigenvalue weighted by molar-refractivity contribution is 1.70. The predicted molar refractivity (Wildman–Crippen MR) is 174 cm³/mol. The normalized spacial score (nSPS) is 12.5. The van der Waals surface area contributed by atoms with Crippen LogP contribution < -0.4 is 0 Å². The molecule has 0 aromatic heterocycles. The minimum Gasteiger partial charge on any atom is -0.0622 e. The zero-order valence-electron chi connectivity index (χ0n) is 21.7. The Hall–Kier alpha value is -5.20. The summed E-state index contributed by atoms with van der Waals surface area (Å²) in [5.74, 6) is 0. The van der Waals surface area contributed by atoms with Gasteiger partial charge in [-0.1, -0.05) is 115 Å². The summed E-state index contributed by atoms with van der Waals surface area (Å²) >= 11 is 0. The van der Waals surface area contributed by atoms with E-state index in [0.29, 0.717) is 0 Å². The van der Waals surface area contributed by atoms with Gasteiger partial charge in [0.2, 0.25) is 0 Å². The minimum absolute atomic E-state index is 1.27. The van der Waals surface area contributed by atoms with Crippen LogP contribution in [0.3, 0.4) is 0 Å². The van der Waals surface area contributed by atoms with Crippen LogP contribution in [-0.4, -0.2) is 0 Å². The molecule has 0 heteroatoms. The number of rotatable bonds is 1. The summed E-state index contributed by atoms with van der Waals surface area (Å²) in [7, 11) is 0. The molecule has 0 bridgehead atoms. The maximum Gasteiger partial charge on any atom is -0.00132 e. The van der Waals surface area contributed by atoms with E-state index in [0.717, 1.165) is 0 Å². The smallest absolute Gasteiger partial charge is 0.00132 e. The fourth-order valence-electron chi connectivity index (χ4n) is 7.75. The topological polar surface area (TPSA) is 0 Å². The van der Waals surface area contributed by atoms with Gasteiger partial charge in [0, 0.05) is 0 Å². The molecule has 0 heterocycles. The molecule has 0 aliphatic carbocycles. The van der Waals surface area contributed by atoms with Gasteiger partial charge in [0.25, 0.3) is 0 Å².